The standard InChI is InChI=1S/C10H8BrClO2/c1-14-10-3-2-7(11)6-8(10)9(12)4-5-13/h2-6H,1H3. The lowest BCUT2D eigenvalue weighted by Crippen LogP contribution is -1.89. The largest absolute Gasteiger partial charge is 0.496 e. The van der Waals surface area contributed by atoms with Crippen molar-refractivity contribution in [2.75, 3.05) is 7.11 Å². The molecule has 0 spiro atoms. The Morgan fingerprint density at radius 2 is 2.29 bits per heavy atom. The Morgan fingerprint density at radius 3 is 2.86 bits per heavy atom. The molecule has 74 valence electrons. The van der Waals surface area contributed by atoms with Gasteiger partial charge in [0.15, 0.2) is 0 Å². The quantitative estimate of drug-likeness (QED) is 0.625. The van der Waals surface area contributed by atoms with Crippen LogP contribution in [0.2, 0.25) is 0 Å². The van der Waals surface area contributed by atoms with Crippen molar-refractivity contribution in [1.82, 2.24) is 0 Å². The van der Waals surface area contributed by atoms with Gasteiger partial charge in [0.2, 0.25) is 0 Å². The van der Waals surface area contributed by atoms with E-state index in [1.165, 1.54) is 6.08 Å². The van der Waals surface area contributed by atoms with E-state index in [0.717, 1.165) is 4.47 Å². The molecule has 0 atom stereocenters. The van der Waals surface area contributed by atoms with Crippen LogP contribution in [0.1, 0.15) is 5.56 Å². The van der Waals surface area contributed by atoms with E-state index < -0.39 is 0 Å². The molecule has 0 N–H and O–H groups in total. The lowest BCUT2D eigenvalue weighted by Gasteiger charge is -2.07. The molecule has 0 bridgehead atoms. The summed E-state index contributed by atoms with van der Waals surface area (Å²) < 4.78 is 5.99. The topological polar surface area (TPSA) is 26.3 Å². The maximum Gasteiger partial charge on any atom is 0.144 e. The molecular weight excluding hydrogens is 267 g/mol. The molecular formula is C10H8BrClO2. The van der Waals surface area contributed by atoms with Gasteiger partial charge < -0.3 is 4.74 Å². The summed E-state index contributed by atoms with van der Waals surface area (Å²) >= 11 is 9.21. The van der Waals surface area contributed by atoms with E-state index in [-0.39, 0.29) is 0 Å². The highest BCUT2D eigenvalue weighted by molar-refractivity contribution is 9.10. The first-order valence-corrected chi connectivity index (χ1v) is 5.01. The minimum atomic E-state index is 0.359. The first-order valence-electron chi connectivity index (χ1n) is 3.84. The number of halogens is 2. The Morgan fingerprint density at radius 1 is 1.57 bits per heavy atom. The van der Waals surface area contributed by atoms with E-state index in [0.29, 0.717) is 22.6 Å². The number of hydrogen-bond acceptors (Lipinski definition) is 2. The van der Waals surface area contributed by atoms with Crippen molar-refractivity contribution >= 4 is 38.8 Å². The molecule has 0 aliphatic heterocycles. The van der Waals surface area contributed by atoms with Crippen LogP contribution < -0.4 is 4.74 Å². The smallest absolute Gasteiger partial charge is 0.144 e. The molecule has 14 heavy (non-hydrogen) atoms. The van der Waals surface area contributed by atoms with Crippen molar-refractivity contribution in [1.29, 1.82) is 0 Å². The third-order valence-electron chi connectivity index (χ3n) is 1.63. The van der Waals surface area contributed by atoms with Gasteiger partial charge in [0, 0.05) is 10.0 Å². The van der Waals surface area contributed by atoms with Crippen LogP contribution in [0, 0.1) is 0 Å². The Balaban J connectivity index is 3.23. The fourth-order valence-electron chi connectivity index (χ4n) is 1.02. The number of carbonyl (C=O) groups excluding carboxylic acids is 1. The molecule has 4 heteroatoms. The average Bonchev–Trinajstić information content (AvgIpc) is 2.18. The van der Waals surface area contributed by atoms with Gasteiger partial charge in [-0.3, -0.25) is 4.79 Å². The highest BCUT2D eigenvalue weighted by Gasteiger charge is 2.06. The number of allylic oxidation sites excluding steroid dienone is 1. The van der Waals surface area contributed by atoms with Crippen molar-refractivity contribution in [3.8, 4) is 5.75 Å². The average molecular weight is 276 g/mol. The van der Waals surface area contributed by atoms with Crippen LogP contribution in [0.15, 0.2) is 28.7 Å². The van der Waals surface area contributed by atoms with Gasteiger partial charge in [-0.1, -0.05) is 27.5 Å². The molecule has 0 saturated heterocycles. The molecule has 0 aliphatic rings. The predicted octanol–water partition coefficient (Wildman–Crippen LogP) is 3.24. The summed E-state index contributed by atoms with van der Waals surface area (Å²) in [5.74, 6) is 0.635. The minimum absolute atomic E-state index is 0.359. The van der Waals surface area contributed by atoms with Gasteiger partial charge in [0.05, 0.1) is 12.1 Å². The van der Waals surface area contributed by atoms with Crippen molar-refractivity contribution in [3.05, 3.63) is 34.3 Å². The molecule has 1 aromatic rings. The summed E-state index contributed by atoms with van der Waals surface area (Å²) in [5, 5.41) is 0.359. The Hall–Kier alpha value is -0.800. The number of benzene rings is 1. The first kappa shape index (κ1) is 11.3. The molecule has 0 fully saturated rings. The van der Waals surface area contributed by atoms with Crippen LogP contribution in [0.3, 0.4) is 0 Å². The van der Waals surface area contributed by atoms with Crippen LogP contribution in [0.4, 0.5) is 0 Å². The first-order chi connectivity index (χ1) is 6.69. The maximum atomic E-state index is 10.3. The highest BCUT2D eigenvalue weighted by Crippen LogP contribution is 2.30. The van der Waals surface area contributed by atoms with Gasteiger partial charge in [0.1, 0.15) is 12.0 Å². The maximum absolute atomic E-state index is 10.3. The molecule has 0 aromatic heterocycles. The van der Waals surface area contributed by atoms with E-state index in [1.807, 2.05) is 6.07 Å². The lowest BCUT2D eigenvalue weighted by atomic mass is 10.2. The van der Waals surface area contributed by atoms with Crippen LogP contribution in [0.25, 0.3) is 5.03 Å². The van der Waals surface area contributed by atoms with Crippen molar-refractivity contribution in [3.63, 3.8) is 0 Å². The highest BCUT2D eigenvalue weighted by atomic mass is 79.9. The summed E-state index contributed by atoms with van der Waals surface area (Å²) in [5.41, 5.74) is 0.690. The summed E-state index contributed by atoms with van der Waals surface area (Å²) in [7, 11) is 1.55. The van der Waals surface area contributed by atoms with Gasteiger partial charge in [-0.15, -0.1) is 0 Å². The summed E-state index contributed by atoms with van der Waals surface area (Å²) in [6, 6.07) is 5.41. The number of rotatable bonds is 3. The van der Waals surface area contributed by atoms with Gasteiger partial charge in [-0.25, -0.2) is 0 Å². The predicted molar refractivity (Wildman–Crippen MR) is 60.6 cm³/mol. The fourth-order valence-corrected chi connectivity index (χ4v) is 1.58. The summed E-state index contributed by atoms with van der Waals surface area (Å²) in [6.45, 7) is 0. The Bertz CT molecular complexity index is 374. The van der Waals surface area contributed by atoms with Crippen molar-refractivity contribution in [2.45, 2.75) is 0 Å². The number of carbonyl (C=O) groups is 1. The molecule has 0 heterocycles. The van der Waals surface area contributed by atoms with E-state index in [9.17, 15) is 4.79 Å². The number of aldehydes is 1. The molecule has 1 rings (SSSR count). The Labute approximate surface area is 95.6 Å². The summed E-state index contributed by atoms with van der Waals surface area (Å²) in [4.78, 5) is 10.3. The monoisotopic (exact) mass is 274 g/mol. The van der Waals surface area contributed by atoms with Gasteiger partial charge in [-0.05, 0) is 24.3 Å². The van der Waals surface area contributed by atoms with Crippen LogP contribution in [-0.4, -0.2) is 13.4 Å². The third kappa shape index (κ3) is 2.59. The second kappa shape index (κ2) is 5.17. The van der Waals surface area contributed by atoms with Crippen molar-refractivity contribution in [2.24, 2.45) is 0 Å². The minimum Gasteiger partial charge on any atom is -0.496 e. The molecule has 0 unspecified atom stereocenters. The molecule has 2 nitrogen and oxygen atoms in total. The second-order valence-electron chi connectivity index (χ2n) is 2.50. The molecule has 0 amide bonds. The van der Waals surface area contributed by atoms with E-state index in [2.05, 4.69) is 15.9 Å². The van der Waals surface area contributed by atoms with Gasteiger partial charge in [-0.2, -0.15) is 0 Å². The van der Waals surface area contributed by atoms with Gasteiger partial charge >= 0.3 is 0 Å². The van der Waals surface area contributed by atoms with Crippen molar-refractivity contribution < 1.29 is 9.53 Å². The zero-order valence-electron chi connectivity index (χ0n) is 7.46. The van der Waals surface area contributed by atoms with Gasteiger partial charge in [0.25, 0.3) is 0 Å². The normalized spacial score (nSPS) is 11.2. The van der Waals surface area contributed by atoms with E-state index >= 15 is 0 Å². The van der Waals surface area contributed by atoms with E-state index in [1.54, 1.807) is 19.2 Å². The van der Waals surface area contributed by atoms with Crippen LogP contribution in [0.5, 0.6) is 5.75 Å². The van der Waals surface area contributed by atoms with E-state index in [4.69, 9.17) is 16.3 Å². The third-order valence-corrected chi connectivity index (χ3v) is 2.46. The molecule has 0 saturated carbocycles. The number of ether oxygens (including phenoxy) is 1. The second-order valence-corrected chi connectivity index (χ2v) is 3.82. The lowest BCUT2D eigenvalue weighted by molar-refractivity contribution is -0.104. The number of methoxy groups -OCH3 is 1. The molecule has 0 radical (unpaired) electrons. The zero-order valence-corrected chi connectivity index (χ0v) is 9.80. The zero-order chi connectivity index (χ0) is 10.6. The summed E-state index contributed by atoms with van der Waals surface area (Å²) in [6.07, 6.45) is 1.93. The fraction of sp³-hybridized carbons (Fsp3) is 0.100. The van der Waals surface area contributed by atoms with Crippen LogP contribution in [-0.2, 0) is 4.79 Å². The molecule has 1 aromatic carbocycles. The Kier molecular flexibility index (Phi) is 4.17. The van der Waals surface area contributed by atoms with Crippen LogP contribution >= 0.6 is 27.5 Å². The number of hydrogen-bond donors (Lipinski definition) is 0. The molecule has 0 aliphatic carbocycles. The SMILES string of the molecule is COc1ccc(Br)cc1C(Cl)=CC=O.